The van der Waals surface area contributed by atoms with Gasteiger partial charge in [0.05, 0.1) is 23.1 Å². The van der Waals surface area contributed by atoms with Crippen LogP contribution in [-0.2, 0) is 0 Å². The highest BCUT2D eigenvalue weighted by Crippen LogP contribution is 2.35. The number of hydrogen-bond donors (Lipinski definition) is 1. The van der Waals surface area contributed by atoms with Gasteiger partial charge in [0.2, 0.25) is 0 Å². The fourth-order valence-electron chi connectivity index (χ4n) is 4.82. The highest BCUT2D eigenvalue weighted by molar-refractivity contribution is 9.12. The van der Waals surface area contributed by atoms with Crippen LogP contribution in [0, 0.1) is 0 Å². The van der Waals surface area contributed by atoms with Crippen molar-refractivity contribution in [2.45, 2.75) is 38.6 Å². The van der Waals surface area contributed by atoms with Crippen molar-refractivity contribution in [3.05, 3.63) is 81.6 Å². The Kier molecular flexibility index (Phi) is 7.28. The molecule has 3 aliphatic heterocycles. The molecule has 2 bridgehead atoms. The molecule has 1 aromatic heterocycles. The Bertz CT molecular complexity index is 1300. The molecule has 0 fully saturated rings. The lowest BCUT2D eigenvalue weighted by atomic mass is 9.96. The zero-order chi connectivity index (χ0) is 25.1. The summed E-state index contributed by atoms with van der Waals surface area (Å²) in [5.74, 6) is 0. The SMILES string of the molecule is CNC(=O)N1CC=C(C2=NC3=C(c4ccc(-c5ccccc5)nc4)C=NC(CCC(C)=C2Br)C3)CC1. The minimum absolute atomic E-state index is 0.0460. The molecule has 2 aromatic rings. The number of rotatable bonds is 3. The zero-order valence-corrected chi connectivity index (χ0v) is 22.3. The molecule has 0 saturated heterocycles. The number of fused-ring (bicyclic) bond motifs is 2. The lowest BCUT2D eigenvalue weighted by molar-refractivity contribution is 0.204. The lowest BCUT2D eigenvalue weighted by Gasteiger charge is -2.27. The second kappa shape index (κ2) is 10.7. The molecule has 0 aliphatic carbocycles. The molecule has 4 heterocycles. The van der Waals surface area contributed by atoms with Crippen molar-refractivity contribution in [2.75, 3.05) is 20.1 Å². The maximum Gasteiger partial charge on any atom is 0.317 e. The Morgan fingerprint density at radius 2 is 1.94 bits per heavy atom. The Labute approximate surface area is 220 Å². The van der Waals surface area contributed by atoms with Gasteiger partial charge in [0.25, 0.3) is 0 Å². The first-order valence-electron chi connectivity index (χ1n) is 12.4. The summed E-state index contributed by atoms with van der Waals surface area (Å²) in [6.07, 6.45) is 9.58. The number of pyridine rings is 1. The van der Waals surface area contributed by atoms with E-state index in [1.165, 1.54) is 11.1 Å². The van der Waals surface area contributed by atoms with Crippen LogP contribution in [0.25, 0.3) is 16.8 Å². The van der Waals surface area contributed by atoms with Gasteiger partial charge in [-0.3, -0.25) is 15.0 Å². The summed E-state index contributed by atoms with van der Waals surface area (Å²) < 4.78 is 1.05. The molecular formula is C29H30BrN5O. The van der Waals surface area contributed by atoms with E-state index in [1.54, 1.807) is 7.05 Å². The first kappa shape index (κ1) is 24.4. The standard InChI is InChI=1S/C29H30BrN5O/c1-19-8-10-23-16-26(34-28(27(19)30)21-12-14-35(15-13-21)29(36)31-2)24(18-32-23)22-9-11-25(33-17-22)20-6-4-3-5-7-20/h3-7,9,11-12,17-18,23H,8,10,13-16H2,1-2H3,(H,31,36). The van der Waals surface area contributed by atoms with Crippen LogP contribution in [0.5, 0.6) is 0 Å². The van der Waals surface area contributed by atoms with Crippen molar-refractivity contribution >= 4 is 39.5 Å². The van der Waals surface area contributed by atoms with Gasteiger partial charge in [0.1, 0.15) is 0 Å². The molecule has 0 spiro atoms. The number of allylic oxidation sites excluding steroid dienone is 3. The van der Waals surface area contributed by atoms with E-state index in [1.807, 2.05) is 35.5 Å². The molecule has 1 N–H and O–H groups in total. The first-order valence-corrected chi connectivity index (χ1v) is 13.2. The van der Waals surface area contributed by atoms with Gasteiger partial charge in [0, 0.05) is 60.2 Å². The van der Waals surface area contributed by atoms with Gasteiger partial charge in [0.15, 0.2) is 0 Å². The van der Waals surface area contributed by atoms with Crippen molar-refractivity contribution in [3.63, 3.8) is 0 Å². The molecule has 1 unspecified atom stereocenters. The largest absolute Gasteiger partial charge is 0.341 e. The summed E-state index contributed by atoms with van der Waals surface area (Å²) >= 11 is 3.88. The molecule has 36 heavy (non-hydrogen) atoms. The number of carbonyl (C=O) groups is 1. The fourth-order valence-corrected chi connectivity index (χ4v) is 5.36. The molecule has 1 aromatic carbocycles. The van der Waals surface area contributed by atoms with Crippen LogP contribution in [0.1, 0.15) is 38.2 Å². The third kappa shape index (κ3) is 5.12. The third-order valence-corrected chi connectivity index (χ3v) is 8.05. The van der Waals surface area contributed by atoms with E-state index in [0.717, 1.165) is 64.0 Å². The van der Waals surface area contributed by atoms with E-state index in [0.29, 0.717) is 13.1 Å². The van der Waals surface area contributed by atoms with Crippen LogP contribution in [0.2, 0.25) is 0 Å². The molecule has 6 nitrogen and oxygen atoms in total. The Balaban J connectivity index is 1.54. The average molecular weight is 544 g/mol. The molecule has 0 saturated carbocycles. The van der Waals surface area contributed by atoms with Gasteiger partial charge in [-0.25, -0.2) is 4.79 Å². The van der Waals surface area contributed by atoms with E-state index < -0.39 is 0 Å². The number of nitrogens with zero attached hydrogens (tertiary/aromatic N) is 4. The van der Waals surface area contributed by atoms with Crippen molar-refractivity contribution in [3.8, 4) is 11.3 Å². The van der Waals surface area contributed by atoms with Gasteiger partial charge in [-0.1, -0.05) is 48.0 Å². The van der Waals surface area contributed by atoms with Gasteiger partial charge < -0.3 is 10.2 Å². The molecule has 0 radical (unpaired) electrons. The summed E-state index contributed by atoms with van der Waals surface area (Å²) in [5, 5.41) is 2.72. The molecule has 5 rings (SSSR count). The topological polar surface area (TPSA) is 70.0 Å². The summed E-state index contributed by atoms with van der Waals surface area (Å²) in [4.78, 5) is 28.8. The third-order valence-electron chi connectivity index (χ3n) is 6.99. The number of aliphatic imine (C=N–C) groups is 2. The minimum atomic E-state index is -0.0460. The van der Waals surface area contributed by atoms with Gasteiger partial charge in [-0.2, -0.15) is 0 Å². The van der Waals surface area contributed by atoms with E-state index in [9.17, 15) is 4.79 Å². The van der Waals surface area contributed by atoms with Crippen LogP contribution in [0.4, 0.5) is 4.79 Å². The van der Waals surface area contributed by atoms with E-state index >= 15 is 0 Å². The van der Waals surface area contributed by atoms with Crippen molar-refractivity contribution in [1.29, 1.82) is 0 Å². The Hall–Kier alpha value is -3.32. The van der Waals surface area contributed by atoms with E-state index in [4.69, 9.17) is 15.0 Å². The first-order chi connectivity index (χ1) is 17.5. The molecular weight excluding hydrogens is 514 g/mol. The fraction of sp³-hybridized carbons (Fsp3) is 0.310. The smallest absolute Gasteiger partial charge is 0.317 e. The number of hydrogen-bond acceptors (Lipinski definition) is 4. The van der Waals surface area contributed by atoms with Crippen LogP contribution < -0.4 is 5.32 Å². The Morgan fingerprint density at radius 3 is 2.64 bits per heavy atom. The molecule has 2 amide bonds. The number of urea groups is 1. The van der Waals surface area contributed by atoms with E-state index in [-0.39, 0.29) is 12.1 Å². The number of nitrogens with one attached hydrogen (secondary N) is 1. The summed E-state index contributed by atoms with van der Waals surface area (Å²) in [6, 6.07) is 14.6. The number of amides is 2. The number of dihydropyridines is 1. The quantitative estimate of drug-likeness (QED) is 0.502. The normalized spacial score (nSPS) is 20.3. The Morgan fingerprint density at radius 1 is 1.11 bits per heavy atom. The number of halogens is 1. The maximum atomic E-state index is 12.1. The van der Waals surface area contributed by atoms with Gasteiger partial charge in [-0.05, 0) is 53.8 Å². The van der Waals surface area contributed by atoms with Crippen molar-refractivity contribution in [2.24, 2.45) is 9.98 Å². The molecule has 3 aliphatic rings. The number of aromatic nitrogens is 1. The highest BCUT2D eigenvalue weighted by Gasteiger charge is 2.26. The molecule has 1 atom stereocenters. The predicted molar refractivity (Wildman–Crippen MR) is 151 cm³/mol. The monoisotopic (exact) mass is 543 g/mol. The second-order valence-corrected chi connectivity index (χ2v) is 10.2. The minimum Gasteiger partial charge on any atom is -0.341 e. The van der Waals surface area contributed by atoms with E-state index in [2.05, 4.69) is 58.5 Å². The van der Waals surface area contributed by atoms with Crippen molar-refractivity contribution < 1.29 is 4.79 Å². The second-order valence-electron chi connectivity index (χ2n) is 9.37. The number of benzene rings is 1. The van der Waals surface area contributed by atoms with Crippen LogP contribution in [0.3, 0.4) is 0 Å². The molecule has 184 valence electrons. The number of carbonyl (C=O) groups excluding carboxylic acids is 1. The predicted octanol–water partition coefficient (Wildman–Crippen LogP) is 6.18. The summed E-state index contributed by atoms with van der Waals surface area (Å²) in [7, 11) is 1.67. The highest BCUT2D eigenvalue weighted by atomic mass is 79.9. The van der Waals surface area contributed by atoms with Gasteiger partial charge >= 0.3 is 6.03 Å². The van der Waals surface area contributed by atoms with Gasteiger partial charge in [-0.15, -0.1) is 0 Å². The molecule has 7 heteroatoms. The summed E-state index contributed by atoms with van der Waals surface area (Å²) in [6.45, 7) is 3.42. The van der Waals surface area contributed by atoms with Crippen LogP contribution >= 0.6 is 15.9 Å². The average Bonchev–Trinajstić information content (AvgIpc) is 2.98. The van der Waals surface area contributed by atoms with Crippen LogP contribution in [0.15, 0.2) is 86.0 Å². The maximum absolute atomic E-state index is 12.1. The zero-order valence-electron chi connectivity index (χ0n) is 20.7. The van der Waals surface area contributed by atoms with Crippen LogP contribution in [-0.4, -0.2) is 54.0 Å². The summed E-state index contributed by atoms with van der Waals surface area (Å²) in [5.41, 5.74) is 8.56. The van der Waals surface area contributed by atoms with Crippen molar-refractivity contribution in [1.82, 2.24) is 15.2 Å². The lowest BCUT2D eigenvalue weighted by Crippen LogP contribution is -2.41.